The van der Waals surface area contributed by atoms with Gasteiger partial charge in [0.25, 0.3) is 0 Å². The largest absolute Gasteiger partial charge is 0.286 e. The van der Waals surface area contributed by atoms with Crippen molar-refractivity contribution in [2.45, 2.75) is 46.0 Å². The van der Waals surface area contributed by atoms with E-state index in [-0.39, 0.29) is 5.91 Å². The predicted molar refractivity (Wildman–Crippen MR) is 126 cm³/mol. The van der Waals surface area contributed by atoms with E-state index >= 15 is 0 Å². The third-order valence-electron chi connectivity index (χ3n) is 5.86. The molecule has 0 spiro atoms. The van der Waals surface area contributed by atoms with Gasteiger partial charge in [-0.05, 0) is 40.2 Å². The summed E-state index contributed by atoms with van der Waals surface area (Å²) in [5, 5.41) is 1.12. The monoisotopic (exact) mass is 395 g/mol. The Bertz CT molecular complexity index is 1180. The number of nitrogens with zero attached hydrogens (tertiary/aromatic N) is 1. The SMILES string of the molecule is CC(C)c1ccc(CC(=O)n2cc(-c3ccccc3C(C)C)c3ccccc32)cc1. The van der Waals surface area contributed by atoms with Gasteiger partial charge in [0, 0.05) is 17.1 Å². The van der Waals surface area contributed by atoms with E-state index in [9.17, 15) is 4.79 Å². The van der Waals surface area contributed by atoms with Gasteiger partial charge in [-0.1, -0.05) is 94.4 Å². The lowest BCUT2D eigenvalue weighted by Crippen LogP contribution is -2.12. The van der Waals surface area contributed by atoms with E-state index in [1.54, 1.807) is 0 Å². The quantitative estimate of drug-likeness (QED) is 0.344. The van der Waals surface area contributed by atoms with Crippen LogP contribution in [0.15, 0.2) is 79.0 Å². The van der Waals surface area contributed by atoms with Crippen LogP contribution in [0.4, 0.5) is 0 Å². The maximum absolute atomic E-state index is 13.3. The van der Waals surface area contributed by atoms with Crippen LogP contribution in [0.5, 0.6) is 0 Å². The summed E-state index contributed by atoms with van der Waals surface area (Å²) in [6.07, 6.45) is 2.42. The molecule has 3 aromatic carbocycles. The molecule has 0 fully saturated rings. The standard InChI is InChI=1S/C28H29NO/c1-19(2)22-15-13-21(14-16-22)17-28(30)29-18-26(25-11-7-8-12-27(25)29)24-10-6-5-9-23(24)20(3)4/h5-16,18-20H,17H2,1-4H3. The summed E-state index contributed by atoms with van der Waals surface area (Å²) in [6.45, 7) is 8.79. The van der Waals surface area contributed by atoms with Crippen LogP contribution in [0.25, 0.3) is 22.0 Å². The second-order valence-corrected chi connectivity index (χ2v) is 8.64. The average molecular weight is 396 g/mol. The number of hydrogen-bond donors (Lipinski definition) is 0. The zero-order valence-electron chi connectivity index (χ0n) is 18.2. The van der Waals surface area contributed by atoms with E-state index in [1.165, 1.54) is 16.7 Å². The molecule has 0 aliphatic heterocycles. The maximum atomic E-state index is 13.3. The maximum Gasteiger partial charge on any atom is 0.235 e. The molecule has 0 saturated carbocycles. The minimum Gasteiger partial charge on any atom is -0.286 e. The van der Waals surface area contributed by atoms with Crippen molar-refractivity contribution in [1.82, 2.24) is 4.57 Å². The number of rotatable bonds is 5. The summed E-state index contributed by atoms with van der Waals surface area (Å²) in [6, 6.07) is 25.1. The summed E-state index contributed by atoms with van der Waals surface area (Å²) in [5.74, 6) is 1.00. The molecular weight excluding hydrogens is 366 g/mol. The molecule has 1 aromatic heterocycles. The summed E-state index contributed by atoms with van der Waals surface area (Å²) >= 11 is 0. The van der Waals surface area contributed by atoms with Crippen LogP contribution in [-0.4, -0.2) is 10.5 Å². The number of aromatic nitrogens is 1. The van der Waals surface area contributed by atoms with Crippen LogP contribution < -0.4 is 0 Å². The van der Waals surface area contributed by atoms with Gasteiger partial charge in [0.2, 0.25) is 5.91 Å². The van der Waals surface area contributed by atoms with E-state index in [2.05, 4.69) is 82.3 Å². The lowest BCUT2D eigenvalue weighted by Gasteiger charge is -2.12. The molecule has 0 atom stereocenters. The molecule has 0 aliphatic rings. The van der Waals surface area contributed by atoms with Crippen molar-refractivity contribution in [2.24, 2.45) is 0 Å². The Hall–Kier alpha value is -3.13. The Morgan fingerprint density at radius 3 is 2.13 bits per heavy atom. The Kier molecular flexibility index (Phi) is 5.59. The van der Waals surface area contributed by atoms with Gasteiger partial charge < -0.3 is 0 Å². The number of hydrogen-bond acceptors (Lipinski definition) is 1. The molecule has 2 nitrogen and oxygen atoms in total. The summed E-state index contributed by atoms with van der Waals surface area (Å²) in [4.78, 5) is 13.3. The highest BCUT2D eigenvalue weighted by atomic mass is 16.2. The van der Waals surface area contributed by atoms with Crippen LogP contribution in [-0.2, 0) is 6.42 Å². The molecule has 152 valence electrons. The van der Waals surface area contributed by atoms with Gasteiger partial charge in [-0.15, -0.1) is 0 Å². The van der Waals surface area contributed by atoms with E-state index < -0.39 is 0 Å². The third kappa shape index (κ3) is 3.82. The van der Waals surface area contributed by atoms with Crippen molar-refractivity contribution >= 4 is 16.8 Å². The molecule has 0 amide bonds. The number of para-hydroxylation sites is 1. The fourth-order valence-corrected chi connectivity index (χ4v) is 4.13. The summed E-state index contributed by atoms with van der Waals surface area (Å²) in [7, 11) is 0. The fourth-order valence-electron chi connectivity index (χ4n) is 4.13. The van der Waals surface area contributed by atoms with Crippen molar-refractivity contribution in [3.63, 3.8) is 0 Å². The van der Waals surface area contributed by atoms with Crippen LogP contribution in [0.2, 0.25) is 0 Å². The highest BCUT2D eigenvalue weighted by Crippen LogP contribution is 2.35. The van der Waals surface area contributed by atoms with Crippen LogP contribution in [0.1, 0.15) is 61.0 Å². The first kappa shape index (κ1) is 20.2. The van der Waals surface area contributed by atoms with Gasteiger partial charge in [-0.2, -0.15) is 0 Å². The predicted octanol–water partition coefficient (Wildman–Crippen LogP) is 7.44. The van der Waals surface area contributed by atoms with Crippen molar-refractivity contribution in [3.05, 3.63) is 95.7 Å². The number of carbonyl (C=O) groups is 1. The van der Waals surface area contributed by atoms with Crippen molar-refractivity contribution in [2.75, 3.05) is 0 Å². The highest BCUT2D eigenvalue weighted by molar-refractivity contribution is 6.02. The van der Waals surface area contributed by atoms with E-state index in [1.807, 2.05) is 29.0 Å². The smallest absolute Gasteiger partial charge is 0.235 e. The first-order valence-electron chi connectivity index (χ1n) is 10.8. The summed E-state index contributed by atoms with van der Waals surface area (Å²) < 4.78 is 1.83. The minimum absolute atomic E-state index is 0.0942. The lowest BCUT2D eigenvalue weighted by molar-refractivity contribution is 0.0919. The molecule has 0 saturated heterocycles. The molecule has 0 aliphatic carbocycles. The topological polar surface area (TPSA) is 22.0 Å². The van der Waals surface area contributed by atoms with Gasteiger partial charge in [-0.3, -0.25) is 9.36 Å². The Morgan fingerprint density at radius 2 is 1.43 bits per heavy atom. The lowest BCUT2D eigenvalue weighted by atomic mass is 9.92. The van der Waals surface area contributed by atoms with Gasteiger partial charge in [0.1, 0.15) is 0 Å². The van der Waals surface area contributed by atoms with Gasteiger partial charge in [0.15, 0.2) is 0 Å². The van der Waals surface area contributed by atoms with Crippen molar-refractivity contribution in [1.29, 1.82) is 0 Å². The second-order valence-electron chi connectivity index (χ2n) is 8.64. The van der Waals surface area contributed by atoms with E-state index in [4.69, 9.17) is 0 Å². The molecule has 2 heteroatoms. The molecule has 30 heavy (non-hydrogen) atoms. The third-order valence-corrected chi connectivity index (χ3v) is 5.86. The van der Waals surface area contributed by atoms with E-state index in [0.29, 0.717) is 18.3 Å². The number of carbonyl (C=O) groups excluding carboxylic acids is 1. The highest BCUT2D eigenvalue weighted by Gasteiger charge is 2.17. The van der Waals surface area contributed by atoms with Crippen LogP contribution >= 0.6 is 0 Å². The van der Waals surface area contributed by atoms with Gasteiger partial charge in [-0.25, -0.2) is 0 Å². The molecule has 0 bridgehead atoms. The number of fused-ring (bicyclic) bond motifs is 1. The Labute approximate surface area is 179 Å². The molecule has 0 unspecified atom stereocenters. The van der Waals surface area contributed by atoms with Crippen LogP contribution in [0.3, 0.4) is 0 Å². The van der Waals surface area contributed by atoms with Crippen LogP contribution in [0, 0.1) is 0 Å². The van der Waals surface area contributed by atoms with Gasteiger partial charge >= 0.3 is 0 Å². The second kappa shape index (κ2) is 8.31. The number of benzene rings is 3. The normalized spacial score (nSPS) is 11.5. The first-order chi connectivity index (χ1) is 14.5. The molecule has 0 radical (unpaired) electrons. The Morgan fingerprint density at radius 1 is 0.767 bits per heavy atom. The zero-order valence-corrected chi connectivity index (χ0v) is 18.2. The molecule has 0 N–H and O–H groups in total. The van der Waals surface area contributed by atoms with E-state index in [0.717, 1.165) is 22.0 Å². The Balaban J connectivity index is 1.75. The zero-order chi connectivity index (χ0) is 21.3. The molecular formula is C28H29NO. The summed E-state index contributed by atoms with van der Waals surface area (Å²) in [5.41, 5.74) is 6.94. The average Bonchev–Trinajstić information content (AvgIpc) is 3.14. The molecule has 4 rings (SSSR count). The van der Waals surface area contributed by atoms with Crippen molar-refractivity contribution in [3.8, 4) is 11.1 Å². The molecule has 1 heterocycles. The van der Waals surface area contributed by atoms with Crippen molar-refractivity contribution < 1.29 is 4.79 Å². The fraction of sp³-hybridized carbons (Fsp3) is 0.250. The minimum atomic E-state index is 0.0942. The molecule has 4 aromatic rings. The van der Waals surface area contributed by atoms with Gasteiger partial charge in [0.05, 0.1) is 11.9 Å². The first-order valence-corrected chi connectivity index (χ1v) is 10.8.